The van der Waals surface area contributed by atoms with Crippen LogP contribution in [0.15, 0.2) is 47.4 Å². The van der Waals surface area contributed by atoms with Gasteiger partial charge in [-0.1, -0.05) is 12.1 Å². The lowest BCUT2D eigenvalue weighted by Gasteiger charge is -2.12. The van der Waals surface area contributed by atoms with Crippen molar-refractivity contribution in [2.45, 2.75) is 11.4 Å². The fraction of sp³-hybridized carbons (Fsp3) is 0.133. The third-order valence-corrected chi connectivity index (χ3v) is 3.89. The Morgan fingerprint density at radius 1 is 1.19 bits per heavy atom. The van der Waals surface area contributed by atoms with Crippen LogP contribution in [0.1, 0.15) is 5.56 Å². The summed E-state index contributed by atoms with van der Waals surface area (Å²) in [5.41, 5.74) is 6.68. The first-order valence-corrected chi connectivity index (χ1v) is 7.29. The molecular formula is C15H16N2O3S. The molecule has 0 aliphatic rings. The number of amides is 1. The molecule has 0 heterocycles. The molecule has 0 fully saturated rings. The van der Waals surface area contributed by atoms with Gasteiger partial charge >= 0.3 is 0 Å². The highest BCUT2D eigenvalue weighted by Gasteiger charge is 2.06. The van der Waals surface area contributed by atoms with Crippen molar-refractivity contribution in [3.63, 3.8) is 0 Å². The summed E-state index contributed by atoms with van der Waals surface area (Å²) in [5.74, 6) is -0.104. The van der Waals surface area contributed by atoms with E-state index in [4.69, 9.17) is 5.73 Å². The number of carbonyl (C=O) groups is 1. The Bertz CT molecular complexity index is 647. The minimum atomic E-state index is -0.369. The summed E-state index contributed by atoms with van der Waals surface area (Å²) in [7, 11) is 0. The molecule has 1 amide bonds. The lowest BCUT2D eigenvalue weighted by Crippen LogP contribution is -2.13. The summed E-state index contributed by atoms with van der Waals surface area (Å²) < 4.78 is 0. The number of thioether (sulfide) groups is 1. The summed E-state index contributed by atoms with van der Waals surface area (Å²) in [6, 6.07) is 12.0. The van der Waals surface area contributed by atoms with Crippen LogP contribution < -0.4 is 11.1 Å². The van der Waals surface area contributed by atoms with Crippen molar-refractivity contribution in [3.8, 4) is 11.5 Å². The van der Waals surface area contributed by atoms with Crippen LogP contribution in [0, 0.1) is 0 Å². The molecule has 0 aliphatic heterocycles. The van der Waals surface area contributed by atoms with Gasteiger partial charge in [0, 0.05) is 28.8 Å². The number of hydrogen-bond donors (Lipinski definition) is 4. The summed E-state index contributed by atoms with van der Waals surface area (Å²) in [5, 5.41) is 22.2. The Balaban J connectivity index is 2.07. The fourth-order valence-corrected chi connectivity index (χ4v) is 2.55. The van der Waals surface area contributed by atoms with Crippen LogP contribution in [-0.4, -0.2) is 21.9 Å². The molecule has 0 saturated carbocycles. The number of anilines is 1. The summed E-state index contributed by atoms with van der Waals surface area (Å²) in [6.45, 7) is 0.403. The zero-order valence-electron chi connectivity index (χ0n) is 11.2. The molecular weight excluding hydrogens is 288 g/mol. The molecule has 6 heteroatoms. The van der Waals surface area contributed by atoms with Crippen molar-refractivity contribution in [2.24, 2.45) is 5.73 Å². The van der Waals surface area contributed by atoms with Gasteiger partial charge in [-0.05, 0) is 24.3 Å². The van der Waals surface area contributed by atoms with E-state index >= 15 is 0 Å². The number of primary amides is 1. The molecule has 0 bridgehead atoms. The van der Waals surface area contributed by atoms with Crippen molar-refractivity contribution in [1.82, 2.24) is 0 Å². The van der Waals surface area contributed by atoms with Crippen LogP contribution >= 0.6 is 11.8 Å². The maximum Gasteiger partial charge on any atom is 0.227 e. The van der Waals surface area contributed by atoms with Gasteiger partial charge in [-0.3, -0.25) is 4.79 Å². The van der Waals surface area contributed by atoms with Gasteiger partial charge in [-0.25, -0.2) is 0 Å². The van der Waals surface area contributed by atoms with E-state index in [1.54, 1.807) is 6.07 Å². The Morgan fingerprint density at radius 3 is 2.67 bits per heavy atom. The van der Waals surface area contributed by atoms with Crippen molar-refractivity contribution >= 4 is 23.4 Å². The van der Waals surface area contributed by atoms with Crippen molar-refractivity contribution in [3.05, 3.63) is 48.0 Å². The second-order valence-corrected chi connectivity index (χ2v) is 5.43. The number of rotatable bonds is 6. The number of hydrogen-bond acceptors (Lipinski definition) is 5. The van der Waals surface area contributed by atoms with Gasteiger partial charge in [0.25, 0.3) is 0 Å². The lowest BCUT2D eigenvalue weighted by molar-refractivity contribution is -0.115. The Hall–Kier alpha value is -2.34. The molecule has 0 radical (unpaired) electrons. The number of carbonyl (C=O) groups excluding carboxylic acids is 1. The van der Waals surface area contributed by atoms with Gasteiger partial charge in [0.1, 0.15) is 11.5 Å². The summed E-state index contributed by atoms with van der Waals surface area (Å²) >= 11 is 1.36. The highest BCUT2D eigenvalue weighted by atomic mass is 32.2. The molecule has 5 nitrogen and oxygen atoms in total. The number of phenols is 2. The quantitative estimate of drug-likeness (QED) is 0.614. The Kier molecular flexibility index (Phi) is 4.94. The SMILES string of the molecule is NC(=O)CSc1ccccc1NCc1ccc(O)cc1O. The van der Waals surface area contributed by atoms with E-state index in [0.717, 1.165) is 10.6 Å². The van der Waals surface area contributed by atoms with E-state index in [-0.39, 0.29) is 23.2 Å². The predicted molar refractivity (Wildman–Crippen MR) is 83.5 cm³/mol. The van der Waals surface area contributed by atoms with Gasteiger partial charge in [0.2, 0.25) is 5.91 Å². The van der Waals surface area contributed by atoms with Crippen molar-refractivity contribution < 1.29 is 15.0 Å². The van der Waals surface area contributed by atoms with Crippen LogP contribution in [0.5, 0.6) is 11.5 Å². The third kappa shape index (κ3) is 4.32. The average molecular weight is 304 g/mol. The number of benzene rings is 2. The molecule has 2 aromatic rings. The predicted octanol–water partition coefficient (Wildman–Crippen LogP) is 2.29. The van der Waals surface area contributed by atoms with E-state index in [9.17, 15) is 15.0 Å². The maximum atomic E-state index is 10.9. The van der Waals surface area contributed by atoms with Gasteiger partial charge in [-0.15, -0.1) is 11.8 Å². The molecule has 5 N–H and O–H groups in total. The molecule has 2 rings (SSSR count). The second-order valence-electron chi connectivity index (χ2n) is 4.42. The molecule has 0 spiro atoms. The van der Waals surface area contributed by atoms with E-state index in [1.165, 1.54) is 23.9 Å². The van der Waals surface area contributed by atoms with Gasteiger partial charge in [-0.2, -0.15) is 0 Å². The third-order valence-electron chi connectivity index (χ3n) is 2.80. The number of aromatic hydroxyl groups is 2. The average Bonchev–Trinajstić information content (AvgIpc) is 2.45. The number of nitrogens with one attached hydrogen (secondary N) is 1. The minimum Gasteiger partial charge on any atom is -0.508 e. The fourth-order valence-electron chi connectivity index (χ4n) is 1.78. The first-order valence-electron chi connectivity index (χ1n) is 6.31. The molecule has 0 saturated heterocycles. The van der Waals surface area contributed by atoms with Gasteiger partial charge < -0.3 is 21.3 Å². The topological polar surface area (TPSA) is 95.6 Å². The summed E-state index contributed by atoms with van der Waals surface area (Å²) in [4.78, 5) is 11.8. The molecule has 0 atom stereocenters. The van der Waals surface area contributed by atoms with E-state index < -0.39 is 0 Å². The zero-order chi connectivity index (χ0) is 15.2. The number of nitrogens with two attached hydrogens (primary N) is 1. The van der Waals surface area contributed by atoms with Crippen LogP contribution in [0.2, 0.25) is 0 Å². The monoisotopic (exact) mass is 304 g/mol. The molecule has 0 unspecified atom stereocenters. The lowest BCUT2D eigenvalue weighted by atomic mass is 10.2. The first-order chi connectivity index (χ1) is 10.1. The zero-order valence-corrected chi connectivity index (χ0v) is 12.1. The Labute approximate surface area is 126 Å². The van der Waals surface area contributed by atoms with E-state index in [1.807, 2.05) is 24.3 Å². The normalized spacial score (nSPS) is 10.3. The highest BCUT2D eigenvalue weighted by Crippen LogP contribution is 2.28. The van der Waals surface area contributed by atoms with Crippen molar-refractivity contribution in [2.75, 3.05) is 11.1 Å². The molecule has 0 aliphatic carbocycles. The first kappa shape index (κ1) is 15.1. The second kappa shape index (κ2) is 6.90. The minimum absolute atomic E-state index is 0.0219. The van der Waals surface area contributed by atoms with E-state index in [0.29, 0.717) is 12.1 Å². The van der Waals surface area contributed by atoms with Gasteiger partial charge in [0.15, 0.2) is 0 Å². The summed E-state index contributed by atoms with van der Waals surface area (Å²) in [6.07, 6.45) is 0. The smallest absolute Gasteiger partial charge is 0.227 e. The van der Waals surface area contributed by atoms with Crippen molar-refractivity contribution in [1.29, 1.82) is 0 Å². The Morgan fingerprint density at radius 2 is 1.95 bits per heavy atom. The van der Waals surface area contributed by atoms with Crippen LogP contribution in [-0.2, 0) is 11.3 Å². The maximum absolute atomic E-state index is 10.9. The van der Waals surface area contributed by atoms with Gasteiger partial charge in [0.05, 0.1) is 5.75 Å². The molecule has 21 heavy (non-hydrogen) atoms. The van der Waals surface area contributed by atoms with Crippen LogP contribution in [0.25, 0.3) is 0 Å². The largest absolute Gasteiger partial charge is 0.508 e. The highest BCUT2D eigenvalue weighted by molar-refractivity contribution is 8.00. The van der Waals surface area contributed by atoms with E-state index in [2.05, 4.69) is 5.32 Å². The molecule has 110 valence electrons. The standard InChI is InChI=1S/C15H16N2O3S/c16-15(20)9-21-14-4-2-1-3-12(14)17-8-10-5-6-11(18)7-13(10)19/h1-7,17-19H,8-9H2,(H2,16,20). The molecule has 2 aromatic carbocycles. The molecule has 0 aromatic heterocycles. The number of para-hydroxylation sites is 1. The van der Waals surface area contributed by atoms with Crippen LogP contribution in [0.4, 0.5) is 5.69 Å². The van der Waals surface area contributed by atoms with Crippen LogP contribution in [0.3, 0.4) is 0 Å². The number of phenolic OH excluding ortho intramolecular Hbond substituents is 2.